The number of thiocarbonyl (C=S) groups is 1. The Morgan fingerprint density at radius 2 is 1.94 bits per heavy atom. The Morgan fingerprint density at radius 1 is 1.31 bits per heavy atom. The molecule has 0 unspecified atom stereocenters. The molecule has 6 heteroatoms. The van der Waals surface area contributed by atoms with Gasteiger partial charge in [0.05, 0.1) is 5.56 Å². The van der Waals surface area contributed by atoms with Gasteiger partial charge in [-0.1, -0.05) is 6.07 Å². The molecule has 88 valence electrons. The van der Waals surface area contributed by atoms with Crippen molar-refractivity contribution in [1.29, 1.82) is 0 Å². The fraction of sp³-hybridized carbons (Fsp3) is 0.300. The molecule has 0 aliphatic rings. The van der Waals surface area contributed by atoms with Gasteiger partial charge in [-0.2, -0.15) is 13.2 Å². The van der Waals surface area contributed by atoms with Gasteiger partial charge >= 0.3 is 6.18 Å². The molecule has 0 amide bonds. The van der Waals surface area contributed by atoms with E-state index in [1.54, 1.807) is 13.1 Å². The van der Waals surface area contributed by atoms with Gasteiger partial charge in [0, 0.05) is 12.7 Å². The Balaban J connectivity index is 3.03. The number of benzene rings is 1. The van der Waals surface area contributed by atoms with Crippen LogP contribution in [0.2, 0.25) is 0 Å². The lowest BCUT2D eigenvalue weighted by molar-refractivity contribution is -0.138. The first-order valence-corrected chi connectivity index (χ1v) is 4.92. The van der Waals surface area contributed by atoms with Crippen LogP contribution in [0.15, 0.2) is 18.2 Å². The lowest BCUT2D eigenvalue weighted by atomic mass is 10.1. The predicted octanol–water partition coefficient (Wildman–Crippen LogP) is 2.93. The molecule has 0 saturated heterocycles. The van der Waals surface area contributed by atoms with Crippen molar-refractivity contribution < 1.29 is 13.2 Å². The molecule has 0 aliphatic carbocycles. The van der Waals surface area contributed by atoms with Crippen LogP contribution in [0.3, 0.4) is 0 Å². The van der Waals surface area contributed by atoms with E-state index in [0.29, 0.717) is 5.69 Å². The smallest absolute Gasteiger partial charge is 0.366 e. The minimum atomic E-state index is -4.34. The first-order valence-electron chi connectivity index (χ1n) is 4.51. The summed E-state index contributed by atoms with van der Waals surface area (Å²) in [4.78, 5) is 0. The molecule has 0 bridgehead atoms. The number of anilines is 1. The first-order chi connectivity index (χ1) is 7.34. The number of rotatable bonds is 1. The van der Waals surface area contributed by atoms with Crippen molar-refractivity contribution in [2.75, 3.05) is 12.4 Å². The van der Waals surface area contributed by atoms with Gasteiger partial charge in [-0.3, -0.25) is 0 Å². The van der Waals surface area contributed by atoms with Crippen molar-refractivity contribution in [3.8, 4) is 0 Å². The summed E-state index contributed by atoms with van der Waals surface area (Å²) in [5, 5.41) is 5.55. The maximum Gasteiger partial charge on any atom is 0.416 e. The van der Waals surface area contributed by atoms with Crippen LogP contribution in [0, 0.1) is 6.92 Å². The number of aryl methyl sites for hydroxylation is 1. The van der Waals surface area contributed by atoms with Crippen LogP contribution in [-0.4, -0.2) is 12.2 Å². The molecule has 1 rings (SSSR count). The van der Waals surface area contributed by atoms with Gasteiger partial charge in [-0.25, -0.2) is 0 Å². The average Bonchev–Trinajstić information content (AvgIpc) is 2.19. The van der Waals surface area contributed by atoms with Gasteiger partial charge in [0.15, 0.2) is 5.11 Å². The highest BCUT2D eigenvalue weighted by Crippen LogP contribution is 2.33. The highest BCUT2D eigenvalue weighted by atomic mass is 32.1. The standard InChI is InChI=1S/C10H11F3N2S/c1-6-3-4-7(15-9(16)14-2)5-8(6)10(11,12)13/h3-5H,1-2H3,(H2,14,15,16). The Labute approximate surface area is 96.8 Å². The molecule has 0 heterocycles. The van der Waals surface area contributed by atoms with Gasteiger partial charge in [-0.05, 0) is 36.8 Å². The summed E-state index contributed by atoms with van der Waals surface area (Å²) in [5.74, 6) is 0. The molecule has 0 atom stereocenters. The number of hydrogen-bond donors (Lipinski definition) is 2. The van der Waals surface area contributed by atoms with Gasteiger partial charge in [0.2, 0.25) is 0 Å². The molecule has 16 heavy (non-hydrogen) atoms. The molecule has 0 aromatic heterocycles. The molecule has 0 spiro atoms. The first kappa shape index (κ1) is 12.8. The number of hydrogen-bond acceptors (Lipinski definition) is 1. The van der Waals surface area contributed by atoms with E-state index >= 15 is 0 Å². The molecule has 0 fully saturated rings. The second-order valence-corrected chi connectivity index (χ2v) is 3.64. The Bertz CT molecular complexity index is 402. The largest absolute Gasteiger partial charge is 0.416 e. The maximum absolute atomic E-state index is 12.6. The SMILES string of the molecule is CNC(=S)Nc1ccc(C)c(C(F)(F)F)c1. The third-order valence-corrected chi connectivity index (χ3v) is 2.33. The summed E-state index contributed by atoms with van der Waals surface area (Å²) in [6, 6.07) is 4.00. The summed E-state index contributed by atoms with van der Waals surface area (Å²) in [6.45, 7) is 1.42. The second-order valence-electron chi connectivity index (χ2n) is 3.23. The fourth-order valence-electron chi connectivity index (χ4n) is 1.20. The third-order valence-electron chi connectivity index (χ3n) is 2.03. The molecule has 2 N–H and O–H groups in total. The zero-order chi connectivity index (χ0) is 12.3. The highest BCUT2D eigenvalue weighted by Gasteiger charge is 2.32. The summed E-state index contributed by atoms with van der Waals surface area (Å²) >= 11 is 4.80. The lowest BCUT2D eigenvalue weighted by Crippen LogP contribution is -2.24. The van der Waals surface area contributed by atoms with Crippen molar-refractivity contribution in [3.63, 3.8) is 0 Å². The van der Waals surface area contributed by atoms with Crippen molar-refractivity contribution >= 4 is 23.0 Å². The second kappa shape index (κ2) is 4.69. The van der Waals surface area contributed by atoms with E-state index in [-0.39, 0.29) is 10.7 Å². The van der Waals surface area contributed by atoms with Crippen LogP contribution in [0.4, 0.5) is 18.9 Å². The van der Waals surface area contributed by atoms with Gasteiger partial charge in [0.1, 0.15) is 0 Å². The van der Waals surface area contributed by atoms with Crippen molar-refractivity contribution in [2.45, 2.75) is 13.1 Å². The molecule has 0 saturated carbocycles. The summed E-state index contributed by atoms with van der Waals surface area (Å²) < 4.78 is 37.7. The Kier molecular flexibility index (Phi) is 3.74. The maximum atomic E-state index is 12.6. The van der Waals surface area contributed by atoms with Crippen molar-refractivity contribution in [2.24, 2.45) is 0 Å². The van der Waals surface area contributed by atoms with E-state index in [0.717, 1.165) is 6.07 Å². The number of nitrogens with one attached hydrogen (secondary N) is 2. The molecular weight excluding hydrogens is 237 g/mol. The zero-order valence-corrected chi connectivity index (χ0v) is 9.59. The van der Waals surface area contributed by atoms with Crippen LogP contribution in [-0.2, 0) is 6.18 Å². The van der Waals surface area contributed by atoms with Gasteiger partial charge in [-0.15, -0.1) is 0 Å². The molecule has 1 aromatic rings. The Hall–Kier alpha value is -1.30. The number of halogens is 3. The molecule has 0 aliphatic heterocycles. The lowest BCUT2D eigenvalue weighted by Gasteiger charge is -2.13. The van der Waals surface area contributed by atoms with Crippen LogP contribution >= 0.6 is 12.2 Å². The minimum absolute atomic E-state index is 0.188. The predicted molar refractivity (Wildman–Crippen MR) is 61.5 cm³/mol. The highest BCUT2D eigenvalue weighted by molar-refractivity contribution is 7.80. The van der Waals surface area contributed by atoms with Crippen LogP contribution in [0.1, 0.15) is 11.1 Å². The third kappa shape index (κ3) is 3.10. The molecule has 0 radical (unpaired) electrons. The summed E-state index contributed by atoms with van der Waals surface area (Å²) in [6.07, 6.45) is -4.34. The monoisotopic (exact) mass is 248 g/mol. The van der Waals surface area contributed by atoms with E-state index in [9.17, 15) is 13.2 Å². The van der Waals surface area contributed by atoms with Crippen molar-refractivity contribution in [3.05, 3.63) is 29.3 Å². The van der Waals surface area contributed by atoms with Crippen molar-refractivity contribution in [1.82, 2.24) is 5.32 Å². The van der Waals surface area contributed by atoms with Crippen LogP contribution < -0.4 is 10.6 Å². The zero-order valence-electron chi connectivity index (χ0n) is 8.77. The van der Waals surface area contributed by atoms with Gasteiger partial charge in [0.25, 0.3) is 0 Å². The van der Waals surface area contributed by atoms with E-state index < -0.39 is 11.7 Å². The molecule has 1 aromatic carbocycles. The Morgan fingerprint density at radius 3 is 2.44 bits per heavy atom. The molecule has 2 nitrogen and oxygen atoms in total. The van der Waals surface area contributed by atoms with Gasteiger partial charge < -0.3 is 10.6 Å². The normalized spacial score (nSPS) is 11.1. The van der Waals surface area contributed by atoms with Crippen LogP contribution in [0.25, 0.3) is 0 Å². The summed E-state index contributed by atoms with van der Waals surface area (Å²) in [5.41, 5.74) is -0.151. The quantitative estimate of drug-likeness (QED) is 0.747. The van der Waals surface area contributed by atoms with E-state index in [1.165, 1.54) is 13.0 Å². The van der Waals surface area contributed by atoms with E-state index in [1.807, 2.05) is 0 Å². The fourth-order valence-corrected chi connectivity index (χ4v) is 1.32. The van der Waals surface area contributed by atoms with E-state index in [4.69, 9.17) is 12.2 Å². The van der Waals surface area contributed by atoms with E-state index in [2.05, 4.69) is 10.6 Å². The minimum Gasteiger partial charge on any atom is -0.366 e. The van der Waals surface area contributed by atoms with Crippen LogP contribution in [0.5, 0.6) is 0 Å². The molecular formula is C10H11F3N2S. The average molecular weight is 248 g/mol. The topological polar surface area (TPSA) is 24.1 Å². The summed E-state index contributed by atoms with van der Waals surface area (Å²) in [7, 11) is 1.59. The number of alkyl halides is 3.